The third kappa shape index (κ3) is 2.70. The fourth-order valence-electron chi connectivity index (χ4n) is 3.04. The molecular formula is C16H22N4O2. The van der Waals surface area contributed by atoms with Crippen molar-refractivity contribution in [3.63, 3.8) is 0 Å². The first-order valence-corrected chi connectivity index (χ1v) is 7.79. The van der Waals surface area contributed by atoms with E-state index in [0.717, 1.165) is 37.1 Å². The van der Waals surface area contributed by atoms with Crippen molar-refractivity contribution in [3.05, 3.63) is 23.5 Å². The average molecular weight is 302 g/mol. The van der Waals surface area contributed by atoms with Gasteiger partial charge in [0.15, 0.2) is 0 Å². The van der Waals surface area contributed by atoms with E-state index in [1.165, 1.54) is 0 Å². The van der Waals surface area contributed by atoms with Gasteiger partial charge in [-0.25, -0.2) is 4.98 Å². The lowest BCUT2D eigenvalue weighted by Crippen LogP contribution is -2.30. The number of nitrogens with zero attached hydrogens (tertiary/aromatic N) is 3. The standard InChI is InChI=1S/C16H22N4O2/c1-10(2)14-13-6-12(8-18-15(13)22-19-14)16(21)20-5-4-11(9-20)7-17-3/h6,8,10-11,17H,4-5,7,9H2,1-3H3/t11-/m0/s1. The molecule has 2 aromatic heterocycles. The van der Waals surface area contributed by atoms with Crippen molar-refractivity contribution >= 4 is 17.0 Å². The lowest BCUT2D eigenvalue weighted by molar-refractivity contribution is 0.0787. The molecule has 1 amide bonds. The number of rotatable bonds is 4. The second kappa shape index (κ2) is 6.04. The highest BCUT2D eigenvalue weighted by molar-refractivity contribution is 5.97. The van der Waals surface area contributed by atoms with Gasteiger partial charge >= 0.3 is 0 Å². The summed E-state index contributed by atoms with van der Waals surface area (Å²) in [6.07, 6.45) is 2.64. The average Bonchev–Trinajstić information content (AvgIpc) is 3.12. The molecule has 3 rings (SSSR count). The predicted molar refractivity (Wildman–Crippen MR) is 83.8 cm³/mol. The Hall–Kier alpha value is -1.95. The first-order valence-electron chi connectivity index (χ1n) is 7.79. The zero-order valence-corrected chi connectivity index (χ0v) is 13.3. The van der Waals surface area contributed by atoms with Gasteiger partial charge in [0.2, 0.25) is 0 Å². The third-order valence-corrected chi connectivity index (χ3v) is 4.22. The van der Waals surface area contributed by atoms with Gasteiger partial charge in [0.1, 0.15) is 0 Å². The van der Waals surface area contributed by atoms with Crippen LogP contribution in [0.25, 0.3) is 11.1 Å². The summed E-state index contributed by atoms with van der Waals surface area (Å²) in [6.45, 7) is 6.66. The fraction of sp³-hybridized carbons (Fsp3) is 0.562. The van der Waals surface area contributed by atoms with Crippen LogP contribution in [0, 0.1) is 5.92 Å². The summed E-state index contributed by atoms with van der Waals surface area (Å²) in [5, 5.41) is 8.08. The van der Waals surface area contributed by atoms with Crippen LogP contribution in [0.4, 0.5) is 0 Å². The molecule has 0 bridgehead atoms. The summed E-state index contributed by atoms with van der Waals surface area (Å²) >= 11 is 0. The minimum Gasteiger partial charge on any atom is -0.338 e. The van der Waals surface area contributed by atoms with Crippen molar-refractivity contribution in [2.24, 2.45) is 5.92 Å². The van der Waals surface area contributed by atoms with Gasteiger partial charge in [-0.15, -0.1) is 0 Å². The van der Waals surface area contributed by atoms with Crippen LogP contribution >= 0.6 is 0 Å². The van der Waals surface area contributed by atoms with Crippen molar-refractivity contribution in [1.29, 1.82) is 0 Å². The van der Waals surface area contributed by atoms with Crippen molar-refractivity contribution in [3.8, 4) is 0 Å². The number of nitrogens with one attached hydrogen (secondary N) is 1. The second-order valence-electron chi connectivity index (χ2n) is 6.26. The van der Waals surface area contributed by atoms with Crippen LogP contribution in [-0.2, 0) is 0 Å². The van der Waals surface area contributed by atoms with Crippen molar-refractivity contribution in [2.45, 2.75) is 26.2 Å². The third-order valence-electron chi connectivity index (χ3n) is 4.22. The van der Waals surface area contributed by atoms with Gasteiger partial charge in [0.25, 0.3) is 11.6 Å². The van der Waals surface area contributed by atoms with Crippen LogP contribution < -0.4 is 5.32 Å². The molecular weight excluding hydrogens is 280 g/mol. The van der Waals surface area contributed by atoms with E-state index in [-0.39, 0.29) is 11.8 Å². The molecule has 1 aliphatic heterocycles. The number of hydrogen-bond donors (Lipinski definition) is 1. The first-order chi connectivity index (χ1) is 10.6. The van der Waals surface area contributed by atoms with Crippen molar-refractivity contribution in [1.82, 2.24) is 20.4 Å². The summed E-state index contributed by atoms with van der Waals surface area (Å²) in [5.74, 6) is 0.816. The van der Waals surface area contributed by atoms with Crippen molar-refractivity contribution in [2.75, 3.05) is 26.7 Å². The molecule has 1 N–H and O–H groups in total. The smallest absolute Gasteiger partial charge is 0.257 e. The number of amides is 1. The highest BCUT2D eigenvalue weighted by Gasteiger charge is 2.27. The monoisotopic (exact) mass is 302 g/mol. The largest absolute Gasteiger partial charge is 0.338 e. The van der Waals surface area contributed by atoms with Gasteiger partial charge in [0, 0.05) is 19.3 Å². The molecule has 0 spiro atoms. The van der Waals surface area contributed by atoms with E-state index in [1.54, 1.807) is 6.20 Å². The summed E-state index contributed by atoms with van der Waals surface area (Å²) < 4.78 is 5.23. The number of likely N-dealkylation sites (tertiary alicyclic amines) is 1. The van der Waals surface area contributed by atoms with Crippen molar-refractivity contribution < 1.29 is 9.32 Å². The minimum atomic E-state index is 0.0453. The molecule has 1 aliphatic rings. The molecule has 6 heteroatoms. The van der Waals surface area contributed by atoms with E-state index in [2.05, 4.69) is 29.3 Å². The van der Waals surface area contributed by atoms with E-state index in [1.807, 2.05) is 18.0 Å². The number of fused-ring (bicyclic) bond motifs is 1. The maximum absolute atomic E-state index is 12.7. The molecule has 118 valence electrons. The number of aromatic nitrogens is 2. The van der Waals surface area contributed by atoms with Crippen LogP contribution in [0.3, 0.4) is 0 Å². The molecule has 3 heterocycles. The van der Waals surface area contributed by atoms with E-state index in [0.29, 0.717) is 17.2 Å². The molecule has 0 saturated carbocycles. The van der Waals surface area contributed by atoms with Crippen LogP contribution in [0.15, 0.2) is 16.8 Å². The molecule has 22 heavy (non-hydrogen) atoms. The molecule has 1 atom stereocenters. The maximum Gasteiger partial charge on any atom is 0.257 e. The SMILES string of the molecule is CNC[C@@H]1CCN(C(=O)c2cnc3onc(C(C)C)c3c2)C1. The van der Waals surface area contributed by atoms with E-state index in [4.69, 9.17) is 4.52 Å². The van der Waals surface area contributed by atoms with Gasteiger partial charge in [-0.3, -0.25) is 4.79 Å². The Kier molecular flexibility index (Phi) is 4.11. The molecule has 0 aromatic carbocycles. The first kappa shape index (κ1) is 15.0. The van der Waals surface area contributed by atoms with Crippen LogP contribution in [0.1, 0.15) is 42.2 Å². The maximum atomic E-state index is 12.7. The van der Waals surface area contributed by atoms with E-state index >= 15 is 0 Å². The summed E-state index contributed by atoms with van der Waals surface area (Å²) in [7, 11) is 1.95. The van der Waals surface area contributed by atoms with E-state index in [9.17, 15) is 4.79 Å². The highest BCUT2D eigenvalue weighted by Crippen LogP contribution is 2.25. The fourth-order valence-corrected chi connectivity index (χ4v) is 3.04. The lowest BCUT2D eigenvalue weighted by atomic mass is 10.1. The Labute approximate surface area is 129 Å². The molecule has 0 radical (unpaired) electrons. The quantitative estimate of drug-likeness (QED) is 0.935. The Bertz CT molecular complexity index is 680. The van der Waals surface area contributed by atoms with E-state index < -0.39 is 0 Å². The Balaban J connectivity index is 1.84. The summed E-state index contributed by atoms with van der Waals surface area (Å²) in [5.41, 5.74) is 1.96. The van der Waals surface area contributed by atoms with Gasteiger partial charge < -0.3 is 14.7 Å². The zero-order valence-electron chi connectivity index (χ0n) is 13.3. The molecule has 2 aromatic rings. The topological polar surface area (TPSA) is 71.3 Å². The Morgan fingerprint density at radius 2 is 2.36 bits per heavy atom. The van der Waals surface area contributed by atoms with Crippen LogP contribution in [0.5, 0.6) is 0 Å². The summed E-state index contributed by atoms with van der Waals surface area (Å²) in [6, 6.07) is 1.86. The minimum absolute atomic E-state index is 0.0453. The Morgan fingerprint density at radius 1 is 1.55 bits per heavy atom. The van der Waals surface area contributed by atoms with Crippen LogP contribution in [-0.4, -0.2) is 47.6 Å². The molecule has 1 fully saturated rings. The lowest BCUT2D eigenvalue weighted by Gasteiger charge is -2.16. The molecule has 0 aliphatic carbocycles. The predicted octanol–water partition coefficient (Wildman–Crippen LogP) is 2.03. The zero-order chi connectivity index (χ0) is 15.7. The summed E-state index contributed by atoms with van der Waals surface area (Å²) in [4.78, 5) is 18.8. The van der Waals surface area contributed by atoms with Gasteiger partial charge in [0.05, 0.1) is 16.6 Å². The van der Waals surface area contributed by atoms with Gasteiger partial charge in [-0.1, -0.05) is 19.0 Å². The molecule has 6 nitrogen and oxygen atoms in total. The number of pyridine rings is 1. The number of hydrogen-bond acceptors (Lipinski definition) is 5. The normalized spacial score (nSPS) is 18.5. The molecule has 0 unspecified atom stereocenters. The number of carbonyl (C=O) groups excluding carboxylic acids is 1. The van der Waals surface area contributed by atoms with Gasteiger partial charge in [-0.05, 0) is 37.9 Å². The number of carbonyl (C=O) groups is 1. The highest BCUT2D eigenvalue weighted by atomic mass is 16.5. The van der Waals surface area contributed by atoms with Crippen LogP contribution in [0.2, 0.25) is 0 Å². The second-order valence-corrected chi connectivity index (χ2v) is 6.26. The Morgan fingerprint density at radius 3 is 3.09 bits per heavy atom. The van der Waals surface area contributed by atoms with Gasteiger partial charge in [-0.2, -0.15) is 0 Å². The molecule has 1 saturated heterocycles.